The van der Waals surface area contributed by atoms with Crippen LogP contribution in [0.1, 0.15) is 10.6 Å². The molecule has 0 atom stereocenters. The molecule has 68 valence electrons. The van der Waals surface area contributed by atoms with E-state index in [9.17, 15) is 9.59 Å². The fourth-order valence-electron chi connectivity index (χ4n) is 0.612. The summed E-state index contributed by atoms with van der Waals surface area (Å²) < 4.78 is 4.41. The first-order valence-electron chi connectivity index (χ1n) is 3.18. The summed E-state index contributed by atoms with van der Waals surface area (Å²) in [6, 6.07) is 0. The van der Waals surface area contributed by atoms with Gasteiger partial charge in [0.05, 0.1) is 12.4 Å². The Hall–Kier alpha value is -2.18. The molecule has 7 heteroatoms. The lowest BCUT2D eigenvalue weighted by molar-refractivity contribution is 0.0990. The van der Waals surface area contributed by atoms with E-state index >= 15 is 0 Å². The number of rotatable bonds is 2. The summed E-state index contributed by atoms with van der Waals surface area (Å²) in [6.45, 7) is 0. The van der Waals surface area contributed by atoms with Gasteiger partial charge in [0.15, 0.2) is 5.75 Å². The van der Waals surface area contributed by atoms with Crippen LogP contribution >= 0.6 is 0 Å². The Balaban J connectivity index is 2.81. The van der Waals surface area contributed by atoms with E-state index < -0.39 is 12.0 Å². The van der Waals surface area contributed by atoms with Crippen LogP contribution in [0.3, 0.4) is 0 Å². The first-order valence-corrected chi connectivity index (χ1v) is 3.18. The van der Waals surface area contributed by atoms with Gasteiger partial charge >= 0.3 is 6.09 Å². The zero-order valence-corrected chi connectivity index (χ0v) is 6.43. The van der Waals surface area contributed by atoms with Gasteiger partial charge in [0, 0.05) is 0 Å². The molecule has 2 amide bonds. The highest BCUT2D eigenvalue weighted by molar-refractivity contribution is 5.88. The van der Waals surface area contributed by atoms with Gasteiger partial charge < -0.3 is 16.2 Å². The molecule has 0 aliphatic rings. The summed E-state index contributed by atoms with van der Waals surface area (Å²) >= 11 is 0. The number of primary amides is 2. The molecular weight excluding hydrogens is 176 g/mol. The minimum Gasteiger partial charge on any atom is -0.407 e. The second-order valence-corrected chi connectivity index (χ2v) is 2.03. The van der Waals surface area contributed by atoms with Crippen molar-refractivity contribution < 1.29 is 14.3 Å². The average Bonchev–Trinajstić information content (AvgIpc) is 2.04. The van der Waals surface area contributed by atoms with Crippen LogP contribution in [0.15, 0.2) is 12.4 Å². The molecule has 1 heterocycles. The Morgan fingerprint density at radius 3 is 2.15 bits per heavy atom. The highest BCUT2D eigenvalue weighted by Crippen LogP contribution is 2.05. The van der Waals surface area contributed by atoms with Crippen LogP contribution in [0.2, 0.25) is 0 Å². The second-order valence-electron chi connectivity index (χ2n) is 2.03. The van der Waals surface area contributed by atoms with Crippen molar-refractivity contribution in [3.8, 4) is 5.75 Å². The normalized spacial score (nSPS) is 9.23. The number of amides is 2. The summed E-state index contributed by atoms with van der Waals surface area (Å²) in [6.07, 6.45) is 1.27. The molecule has 4 N–H and O–H groups in total. The highest BCUT2D eigenvalue weighted by atomic mass is 16.5. The van der Waals surface area contributed by atoms with E-state index in [1.807, 2.05) is 0 Å². The minimum absolute atomic E-state index is 0.0532. The maximum absolute atomic E-state index is 10.5. The molecule has 0 radical (unpaired) electrons. The Labute approximate surface area is 72.7 Å². The lowest BCUT2D eigenvalue weighted by Gasteiger charge is -1.98. The van der Waals surface area contributed by atoms with E-state index in [-0.39, 0.29) is 11.6 Å². The van der Waals surface area contributed by atoms with E-state index in [4.69, 9.17) is 11.5 Å². The number of aromatic nitrogens is 2. The monoisotopic (exact) mass is 182 g/mol. The molecule has 0 saturated heterocycles. The lowest BCUT2D eigenvalue weighted by atomic mass is 10.5. The van der Waals surface area contributed by atoms with Crippen LogP contribution in [0.25, 0.3) is 0 Å². The number of nitrogens with zero attached hydrogens (tertiary/aromatic N) is 2. The Morgan fingerprint density at radius 2 is 1.77 bits per heavy atom. The van der Waals surface area contributed by atoms with E-state index in [0.717, 1.165) is 12.4 Å². The van der Waals surface area contributed by atoms with Gasteiger partial charge in [-0.3, -0.25) is 4.79 Å². The second kappa shape index (κ2) is 3.48. The fourth-order valence-corrected chi connectivity index (χ4v) is 0.612. The standard InChI is InChI=1S/C6H6N4O3/c7-4(11)5-9-1-3(2-10-5)13-6(8)12/h1-2H,(H2,7,11)(H2,8,12). The molecule has 0 fully saturated rings. The molecule has 0 aromatic carbocycles. The van der Waals surface area contributed by atoms with Crippen molar-refractivity contribution in [3.05, 3.63) is 18.2 Å². The molecule has 0 unspecified atom stereocenters. The predicted molar refractivity (Wildman–Crippen MR) is 40.8 cm³/mol. The van der Waals surface area contributed by atoms with Crippen molar-refractivity contribution in [2.45, 2.75) is 0 Å². The molecule has 1 aromatic rings. The summed E-state index contributed by atoms with van der Waals surface area (Å²) in [5.74, 6) is -0.861. The van der Waals surface area contributed by atoms with Gasteiger partial charge in [-0.25, -0.2) is 14.8 Å². The Kier molecular flexibility index (Phi) is 2.38. The number of hydrogen-bond donors (Lipinski definition) is 2. The van der Waals surface area contributed by atoms with Crippen molar-refractivity contribution in [1.82, 2.24) is 9.97 Å². The van der Waals surface area contributed by atoms with Crippen LogP contribution in [0.4, 0.5) is 4.79 Å². The van der Waals surface area contributed by atoms with Gasteiger partial charge in [0.2, 0.25) is 5.82 Å². The smallest absolute Gasteiger partial charge is 0.407 e. The van der Waals surface area contributed by atoms with E-state index in [1.54, 1.807) is 0 Å². The number of carbonyl (C=O) groups excluding carboxylic acids is 2. The molecule has 0 bridgehead atoms. The van der Waals surface area contributed by atoms with Gasteiger partial charge in [0.25, 0.3) is 5.91 Å². The molecule has 0 spiro atoms. The maximum Gasteiger partial charge on any atom is 0.410 e. The van der Waals surface area contributed by atoms with Crippen molar-refractivity contribution in [2.75, 3.05) is 0 Å². The molecular formula is C6H6N4O3. The molecule has 13 heavy (non-hydrogen) atoms. The summed E-state index contributed by atoms with van der Waals surface area (Å²) in [7, 11) is 0. The van der Waals surface area contributed by atoms with E-state index in [1.165, 1.54) is 0 Å². The van der Waals surface area contributed by atoms with Crippen LogP contribution < -0.4 is 16.2 Å². The summed E-state index contributed by atoms with van der Waals surface area (Å²) in [5, 5.41) is 0. The van der Waals surface area contributed by atoms with Crippen LogP contribution in [0, 0.1) is 0 Å². The van der Waals surface area contributed by atoms with Gasteiger partial charge in [-0.15, -0.1) is 0 Å². The van der Waals surface area contributed by atoms with Gasteiger partial charge in [-0.1, -0.05) is 0 Å². The number of hydrogen-bond acceptors (Lipinski definition) is 5. The van der Waals surface area contributed by atoms with Crippen LogP contribution in [-0.2, 0) is 0 Å². The van der Waals surface area contributed by atoms with E-state index in [2.05, 4.69) is 14.7 Å². The zero-order chi connectivity index (χ0) is 9.84. The van der Waals surface area contributed by atoms with Crippen LogP contribution in [0.5, 0.6) is 5.75 Å². The number of nitrogens with two attached hydrogens (primary N) is 2. The first-order chi connectivity index (χ1) is 6.09. The summed E-state index contributed by atoms with van der Waals surface area (Å²) in [5.41, 5.74) is 9.58. The fraction of sp³-hybridized carbons (Fsp3) is 0. The minimum atomic E-state index is -0.976. The molecule has 0 aliphatic heterocycles. The molecule has 0 saturated carbocycles. The maximum atomic E-state index is 10.5. The van der Waals surface area contributed by atoms with Gasteiger partial charge in [-0.05, 0) is 0 Å². The zero-order valence-electron chi connectivity index (χ0n) is 6.43. The summed E-state index contributed by atoms with van der Waals surface area (Å²) in [4.78, 5) is 27.8. The van der Waals surface area contributed by atoms with E-state index in [0.29, 0.717) is 0 Å². The van der Waals surface area contributed by atoms with Gasteiger partial charge in [0.1, 0.15) is 0 Å². The molecule has 1 rings (SSSR count). The van der Waals surface area contributed by atoms with Crippen molar-refractivity contribution in [3.63, 3.8) is 0 Å². The largest absolute Gasteiger partial charge is 0.410 e. The third-order valence-electron chi connectivity index (χ3n) is 1.07. The third-order valence-corrected chi connectivity index (χ3v) is 1.07. The highest BCUT2D eigenvalue weighted by Gasteiger charge is 2.04. The third kappa shape index (κ3) is 2.40. The van der Waals surface area contributed by atoms with Crippen molar-refractivity contribution in [1.29, 1.82) is 0 Å². The average molecular weight is 182 g/mol. The number of ether oxygens (including phenoxy) is 1. The van der Waals surface area contributed by atoms with Crippen molar-refractivity contribution >= 4 is 12.0 Å². The predicted octanol–water partition coefficient (Wildman–Crippen LogP) is -0.967. The first kappa shape index (κ1) is 8.91. The topological polar surface area (TPSA) is 121 Å². The quantitative estimate of drug-likeness (QED) is 0.609. The number of carbonyl (C=O) groups is 2. The van der Waals surface area contributed by atoms with Crippen LogP contribution in [-0.4, -0.2) is 22.0 Å². The Bertz CT molecular complexity index is 334. The van der Waals surface area contributed by atoms with Crippen molar-refractivity contribution in [2.24, 2.45) is 11.5 Å². The molecule has 1 aromatic heterocycles. The van der Waals surface area contributed by atoms with Gasteiger partial charge in [-0.2, -0.15) is 0 Å². The lowest BCUT2D eigenvalue weighted by Crippen LogP contribution is -2.18. The Morgan fingerprint density at radius 1 is 1.23 bits per heavy atom. The SMILES string of the molecule is NC(=O)Oc1cnc(C(N)=O)nc1. The molecule has 7 nitrogen and oxygen atoms in total. The molecule has 0 aliphatic carbocycles.